The zero-order valence-corrected chi connectivity index (χ0v) is 25.3. The smallest absolute Gasteiger partial charge is 0.156 e. The van der Waals surface area contributed by atoms with Gasteiger partial charge in [0.15, 0.2) is 11.6 Å². The third-order valence-corrected chi connectivity index (χ3v) is 21.7. The van der Waals surface area contributed by atoms with E-state index >= 15 is 0 Å². The number of carbonyl (C=O) groups excluding carboxylic acids is 2. The maximum absolute atomic E-state index is 10.8. The van der Waals surface area contributed by atoms with Crippen molar-refractivity contribution in [2.24, 2.45) is 17.8 Å². The first kappa shape index (κ1) is 31.7. The van der Waals surface area contributed by atoms with Crippen LogP contribution in [0, 0.1) is 17.8 Å². The number of hydrogen-bond donors (Lipinski definition) is 1. The van der Waals surface area contributed by atoms with E-state index < -0.39 is 6.10 Å². The number of aliphatic hydroxyl groups is 1. The lowest BCUT2D eigenvalue weighted by atomic mass is 9.85. The quantitative estimate of drug-likeness (QED) is 0.478. The lowest BCUT2D eigenvalue weighted by Gasteiger charge is -2.19. The molecule has 2 aliphatic carbocycles. The van der Waals surface area contributed by atoms with Crippen LogP contribution in [0.5, 0.6) is 0 Å². The Hall–Kier alpha value is 0.680. The summed E-state index contributed by atoms with van der Waals surface area (Å²) in [6.45, 7) is 9.31. The van der Waals surface area contributed by atoms with E-state index in [1.165, 1.54) is 29.9 Å². The van der Waals surface area contributed by atoms with Crippen LogP contribution >= 0.6 is 0 Å². The molecule has 0 aliphatic heterocycles. The van der Waals surface area contributed by atoms with E-state index in [4.69, 9.17) is 0 Å². The van der Waals surface area contributed by atoms with Gasteiger partial charge in [-0.15, -0.1) is 13.2 Å². The topological polar surface area (TPSA) is 54.4 Å². The van der Waals surface area contributed by atoms with E-state index in [1.807, 2.05) is 12.2 Å². The van der Waals surface area contributed by atoms with E-state index in [1.54, 1.807) is 74.3 Å². The molecule has 2 aliphatic rings. The Morgan fingerprint density at radius 1 is 0.839 bits per heavy atom. The summed E-state index contributed by atoms with van der Waals surface area (Å²) in [6.07, 6.45) is 10.6. The van der Waals surface area contributed by atoms with Crippen LogP contribution in [0.25, 0.3) is 0 Å². The lowest BCUT2D eigenvalue weighted by molar-refractivity contribution is -0.116. The summed E-state index contributed by atoms with van der Waals surface area (Å²) in [6, 6.07) is 0. The zero-order valence-electron chi connectivity index (χ0n) is 16.4. The van der Waals surface area contributed by atoms with Gasteiger partial charge < -0.3 is 5.11 Å². The first-order valence-electron chi connectivity index (χ1n) is 8.49. The molecule has 31 heavy (non-hydrogen) atoms. The standard InChI is InChI=1S/C9H12O.C8H10O2.S11/c1-3-8-6-9(10)5-4-7(8)2;1-2-6-5-7(9)3-4-8(6)10;1-3-5-7-9-11-10-8-6-4-2/h3-5,7-8H,1,6H2,2H3;2-4,6,8,10H,1,5H2;/t7-,8-;6-,8-;/m11./s1. The van der Waals surface area contributed by atoms with E-state index in [-0.39, 0.29) is 17.5 Å². The molecule has 0 aromatic carbocycles. The average Bonchev–Trinajstić information content (AvgIpc) is 2.77. The van der Waals surface area contributed by atoms with Gasteiger partial charge in [0.2, 0.25) is 0 Å². The third kappa shape index (κ3) is 16.9. The van der Waals surface area contributed by atoms with Crippen molar-refractivity contribution in [3.8, 4) is 0 Å². The number of hydrogen-bond acceptors (Lipinski definition) is 5. The molecule has 0 saturated carbocycles. The summed E-state index contributed by atoms with van der Waals surface area (Å²) in [5, 5.41) is 9.18. The summed E-state index contributed by atoms with van der Waals surface area (Å²) < 4.78 is 0. The number of rotatable bonds is 2. The third-order valence-electron chi connectivity index (χ3n) is 3.88. The zero-order chi connectivity index (χ0) is 23.5. The molecule has 14 heteroatoms. The predicted molar refractivity (Wildman–Crippen MR) is 161 cm³/mol. The van der Waals surface area contributed by atoms with Crippen molar-refractivity contribution in [3.05, 3.63) is 49.6 Å². The highest BCUT2D eigenvalue weighted by Crippen LogP contribution is 2.22. The molecule has 0 saturated heterocycles. The molecule has 0 spiro atoms. The minimum atomic E-state index is -0.518. The molecule has 2 rings (SSSR count). The Morgan fingerprint density at radius 3 is 1.65 bits per heavy atom. The number of ketones is 2. The van der Waals surface area contributed by atoms with Gasteiger partial charge >= 0.3 is 0 Å². The largest absolute Gasteiger partial charge is 0.388 e. The van der Waals surface area contributed by atoms with E-state index in [0.29, 0.717) is 24.7 Å². The van der Waals surface area contributed by atoms with Gasteiger partial charge in [-0.2, -0.15) is 0 Å². The van der Waals surface area contributed by atoms with Gasteiger partial charge in [-0.05, 0) is 24.0 Å². The van der Waals surface area contributed by atoms with Crippen LogP contribution in [0.3, 0.4) is 0 Å². The Morgan fingerprint density at radius 2 is 1.26 bits per heavy atom. The van der Waals surface area contributed by atoms with Gasteiger partial charge in [0.1, 0.15) is 0 Å². The van der Waals surface area contributed by atoms with Gasteiger partial charge in [0, 0.05) is 121 Å². The molecule has 1 N–H and O–H groups in total. The Bertz CT molecular complexity index is 1000. The summed E-state index contributed by atoms with van der Waals surface area (Å²) >= 11 is 9.35. The van der Waals surface area contributed by atoms with Crippen LogP contribution in [0.1, 0.15) is 19.8 Å². The molecule has 174 valence electrons. The molecule has 3 nitrogen and oxygen atoms in total. The predicted octanol–water partition coefficient (Wildman–Crippen LogP) is 2.61. The lowest BCUT2D eigenvalue weighted by Crippen LogP contribution is -2.22. The molecule has 0 bridgehead atoms. The van der Waals surface area contributed by atoms with Crippen molar-refractivity contribution >= 4 is 114 Å². The van der Waals surface area contributed by atoms with Crippen LogP contribution in [-0.2, 0) is 112 Å². The average molecular weight is 627 g/mol. The molecule has 0 amide bonds. The van der Waals surface area contributed by atoms with Crippen molar-refractivity contribution in [1.82, 2.24) is 0 Å². The van der Waals surface area contributed by atoms with Gasteiger partial charge in [-0.1, -0.05) is 31.2 Å². The molecule has 4 atom stereocenters. The molecule has 0 unspecified atom stereocenters. The van der Waals surface area contributed by atoms with Gasteiger partial charge in [-0.3, -0.25) is 9.59 Å². The summed E-state index contributed by atoms with van der Waals surface area (Å²) in [7, 11) is 14.5. The first-order chi connectivity index (χ1) is 14.9. The normalized spacial score (nSPS) is 23.3. The van der Waals surface area contributed by atoms with Crippen LogP contribution in [0.15, 0.2) is 49.6 Å². The molecule has 0 radical (unpaired) electrons. The molecule has 0 aromatic rings. The highest BCUT2D eigenvalue weighted by Gasteiger charge is 2.20. The second kappa shape index (κ2) is 21.2. The maximum atomic E-state index is 10.8. The number of allylic oxidation sites excluding steroid dienone is 4. The van der Waals surface area contributed by atoms with Crippen molar-refractivity contribution in [2.45, 2.75) is 25.9 Å². The highest BCUT2D eigenvalue weighted by molar-refractivity contribution is 8.74. The van der Waals surface area contributed by atoms with Crippen LogP contribution < -0.4 is 0 Å². The van der Waals surface area contributed by atoms with Crippen molar-refractivity contribution < 1.29 is 14.7 Å². The second-order valence-corrected chi connectivity index (χ2v) is 21.7. The van der Waals surface area contributed by atoms with E-state index in [2.05, 4.69) is 42.5 Å². The van der Waals surface area contributed by atoms with Gasteiger partial charge in [0.25, 0.3) is 0 Å². The Balaban J connectivity index is 0.000000436. The summed E-state index contributed by atoms with van der Waals surface area (Å²) in [4.78, 5) is 21.6. The molecular formula is C17H22O3S11. The summed E-state index contributed by atoms with van der Waals surface area (Å²) in [5.74, 6) is 1.04. The van der Waals surface area contributed by atoms with Gasteiger partial charge in [0.05, 0.1) is 6.10 Å². The fourth-order valence-electron chi connectivity index (χ4n) is 2.26. The first-order valence-corrected chi connectivity index (χ1v) is 21.8. The SMILES string of the molecule is C=C[C@@H]1CC(=O)C=C[C@H]1C.C=C[C@@H]1CC(=O)C=C[C@H]1O.S=S=S=S=S=S=S=S=S=S=S. The number of aliphatic hydroxyl groups excluding tert-OH is 1. The fourth-order valence-corrected chi connectivity index (χ4v) is 21.5. The molecule has 0 fully saturated rings. The van der Waals surface area contributed by atoms with Crippen LogP contribution in [-0.4, -0.2) is 22.8 Å². The Kier molecular flexibility index (Phi) is 21.7. The van der Waals surface area contributed by atoms with Crippen LogP contribution in [0.4, 0.5) is 0 Å². The number of carbonyl (C=O) groups is 2. The van der Waals surface area contributed by atoms with E-state index in [0.717, 1.165) is 0 Å². The molecule has 0 aromatic heterocycles. The van der Waals surface area contributed by atoms with Gasteiger partial charge in [-0.25, -0.2) is 0 Å². The molecule has 0 heterocycles. The van der Waals surface area contributed by atoms with Crippen molar-refractivity contribution in [3.63, 3.8) is 0 Å². The highest BCUT2D eigenvalue weighted by atomic mass is 33.4. The van der Waals surface area contributed by atoms with E-state index in [9.17, 15) is 14.7 Å². The molecular weight excluding hydrogens is 605 g/mol. The second-order valence-electron chi connectivity index (χ2n) is 5.82. The van der Waals surface area contributed by atoms with Crippen molar-refractivity contribution in [2.75, 3.05) is 0 Å². The minimum Gasteiger partial charge on any atom is -0.388 e. The minimum absolute atomic E-state index is 0.0650. The Labute approximate surface area is 219 Å². The fraction of sp³-hybridized carbons (Fsp3) is 0.412. The summed E-state index contributed by atoms with van der Waals surface area (Å²) in [5.41, 5.74) is 0. The van der Waals surface area contributed by atoms with Crippen molar-refractivity contribution in [1.29, 1.82) is 0 Å². The van der Waals surface area contributed by atoms with Crippen LogP contribution in [0.2, 0.25) is 0 Å². The monoisotopic (exact) mass is 626 g/mol. The maximum Gasteiger partial charge on any atom is 0.156 e.